The summed E-state index contributed by atoms with van der Waals surface area (Å²) >= 11 is 0. The average Bonchev–Trinajstić information content (AvgIpc) is 3.16. The van der Waals surface area contributed by atoms with Crippen molar-refractivity contribution in [2.45, 2.75) is 51.6 Å². The van der Waals surface area contributed by atoms with Crippen molar-refractivity contribution in [2.75, 3.05) is 13.2 Å². The second kappa shape index (κ2) is 9.49. The van der Waals surface area contributed by atoms with Crippen molar-refractivity contribution >= 4 is 28.4 Å². The molecule has 1 amide bonds. The Morgan fingerprint density at radius 2 is 2.03 bits per heavy atom. The third-order valence-electron chi connectivity index (χ3n) is 5.01. The van der Waals surface area contributed by atoms with E-state index < -0.39 is 11.6 Å². The maximum atomic E-state index is 12.7. The van der Waals surface area contributed by atoms with Gasteiger partial charge < -0.3 is 14.9 Å². The number of oxime groups is 1. The summed E-state index contributed by atoms with van der Waals surface area (Å²) in [5.41, 5.74) is -0.103. The molecule has 0 aliphatic carbocycles. The second-order valence-corrected chi connectivity index (χ2v) is 7.16. The Bertz CT molecular complexity index is 907. The quantitative estimate of drug-likeness (QED) is 0.516. The van der Waals surface area contributed by atoms with Gasteiger partial charge in [-0.25, -0.2) is 4.79 Å². The summed E-state index contributed by atoms with van der Waals surface area (Å²) in [5, 5.41) is 8.66. The van der Waals surface area contributed by atoms with Gasteiger partial charge >= 0.3 is 5.97 Å². The van der Waals surface area contributed by atoms with E-state index in [4.69, 9.17) is 9.57 Å². The van der Waals surface area contributed by atoms with Gasteiger partial charge in [-0.1, -0.05) is 49.2 Å². The molecule has 1 N–H and O–H groups in total. The number of carbonyl (C=O) groups excluding carboxylic acids is 2. The number of hydrogen-bond acceptors (Lipinski definition) is 6. The van der Waals surface area contributed by atoms with E-state index in [1.165, 1.54) is 0 Å². The largest absolute Gasteiger partial charge is 0.463 e. The van der Waals surface area contributed by atoms with Gasteiger partial charge in [-0.05, 0) is 24.8 Å². The lowest BCUT2D eigenvalue weighted by Crippen LogP contribution is -2.41. The monoisotopic (exact) mass is 397 g/mol. The van der Waals surface area contributed by atoms with Crippen LogP contribution in [0.4, 0.5) is 0 Å². The molecule has 0 spiro atoms. The molecule has 0 saturated heterocycles. The highest BCUT2D eigenvalue weighted by Gasteiger charge is 2.47. The number of benzene rings is 1. The summed E-state index contributed by atoms with van der Waals surface area (Å²) in [5.74, 6) is -0.680. The molecule has 0 bridgehead atoms. The molecule has 29 heavy (non-hydrogen) atoms. The highest BCUT2D eigenvalue weighted by Crippen LogP contribution is 2.31. The second-order valence-electron chi connectivity index (χ2n) is 7.16. The summed E-state index contributed by atoms with van der Waals surface area (Å²) in [6, 6.07) is 9.46. The van der Waals surface area contributed by atoms with Crippen molar-refractivity contribution in [3.05, 3.63) is 42.2 Å². The van der Waals surface area contributed by atoms with Gasteiger partial charge in [0.05, 0.1) is 18.9 Å². The fourth-order valence-corrected chi connectivity index (χ4v) is 3.48. The number of pyridine rings is 1. The molecule has 7 nitrogen and oxygen atoms in total. The fraction of sp³-hybridized carbons (Fsp3) is 0.455. The zero-order chi connectivity index (χ0) is 20.7. The van der Waals surface area contributed by atoms with E-state index in [-0.39, 0.29) is 19.1 Å². The highest BCUT2D eigenvalue weighted by molar-refractivity contribution is 6.06. The van der Waals surface area contributed by atoms with Gasteiger partial charge in [0.1, 0.15) is 5.69 Å². The van der Waals surface area contributed by atoms with E-state index in [2.05, 4.69) is 22.4 Å². The molecule has 1 atom stereocenters. The average molecular weight is 397 g/mol. The number of unbranched alkanes of at least 4 members (excludes halogenated alkanes) is 2. The molecule has 1 aromatic carbocycles. The zero-order valence-electron chi connectivity index (χ0n) is 16.9. The van der Waals surface area contributed by atoms with Gasteiger partial charge in [0.15, 0.2) is 0 Å². The van der Waals surface area contributed by atoms with E-state index in [0.29, 0.717) is 24.2 Å². The Morgan fingerprint density at radius 1 is 1.21 bits per heavy atom. The lowest BCUT2D eigenvalue weighted by Gasteiger charge is -2.24. The van der Waals surface area contributed by atoms with E-state index in [1.807, 2.05) is 30.3 Å². The summed E-state index contributed by atoms with van der Waals surface area (Å²) in [6.07, 6.45) is 5.38. The number of rotatable bonds is 9. The van der Waals surface area contributed by atoms with Crippen molar-refractivity contribution in [2.24, 2.45) is 5.16 Å². The molecule has 1 aromatic heterocycles. The number of esters is 1. The topological polar surface area (TPSA) is 89.9 Å². The number of nitrogens with zero attached hydrogens (tertiary/aromatic N) is 2. The number of nitrogens with one attached hydrogen (secondary N) is 1. The first-order valence-corrected chi connectivity index (χ1v) is 10.1. The molecule has 2 aromatic rings. The predicted molar refractivity (Wildman–Crippen MR) is 111 cm³/mol. The van der Waals surface area contributed by atoms with Crippen LogP contribution in [-0.4, -0.2) is 41.3 Å². The van der Waals surface area contributed by atoms with Crippen LogP contribution in [0.1, 0.15) is 56.4 Å². The number of ether oxygens (including phenoxy) is 1. The van der Waals surface area contributed by atoms with Crippen LogP contribution in [0.15, 0.2) is 41.7 Å². The molecule has 0 radical (unpaired) electrons. The van der Waals surface area contributed by atoms with Crippen LogP contribution in [0.3, 0.4) is 0 Å². The van der Waals surface area contributed by atoms with Gasteiger partial charge in [0.2, 0.25) is 5.60 Å². The molecule has 2 heterocycles. The molecule has 0 saturated carbocycles. The van der Waals surface area contributed by atoms with E-state index >= 15 is 0 Å². The summed E-state index contributed by atoms with van der Waals surface area (Å²) in [6.45, 7) is 4.35. The lowest BCUT2D eigenvalue weighted by atomic mass is 9.91. The highest BCUT2D eigenvalue weighted by atomic mass is 16.7. The maximum Gasteiger partial charge on any atom is 0.353 e. The van der Waals surface area contributed by atoms with Crippen LogP contribution in [0.25, 0.3) is 10.8 Å². The molecule has 154 valence electrons. The molecular formula is C22H27N3O4. The minimum absolute atomic E-state index is 0.193. The van der Waals surface area contributed by atoms with E-state index in [0.717, 1.165) is 30.0 Å². The Balaban J connectivity index is 1.64. The third kappa shape index (κ3) is 4.72. The predicted octanol–water partition coefficient (Wildman–Crippen LogP) is 3.62. The zero-order valence-corrected chi connectivity index (χ0v) is 16.9. The third-order valence-corrected chi connectivity index (χ3v) is 5.01. The Kier molecular flexibility index (Phi) is 6.80. The number of amides is 1. The molecule has 1 aliphatic heterocycles. The summed E-state index contributed by atoms with van der Waals surface area (Å²) in [7, 11) is 0. The first-order chi connectivity index (χ1) is 14.1. The smallest absolute Gasteiger partial charge is 0.353 e. The van der Waals surface area contributed by atoms with Crippen LogP contribution in [0, 0.1) is 0 Å². The summed E-state index contributed by atoms with van der Waals surface area (Å²) < 4.78 is 5.22. The van der Waals surface area contributed by atoms with Crippen LogP contribution < -0.4 is 5.32 Å². The molecule has 7 heteroatoms. The lowest BCUT2D eigenvalue weighted by molar-refractivity contribution is -0.170. The van der Waals surface area contributed by atoms with Crippen LogP contribution >= 0.6 is 0 Å². The molecule has 1 aliphatic rings. The number of carbonyl (C=O) groups is 2. The Labute approximate surface area is 170 Å². The Morgan fingerprint density at radius 3 is 2.83 bits per heavy atom. The van der Waals surface area contributed by atoms with E-state index in [1.54, 1.807) is 13.1 Å². The van der Waals surface area contributed by atoms with Crippen LogP contribution in [0.2, 0.25) is 0 Å². The molecule has 0 fully saturated rings. The van der Waals surface area contributed by atoms with Crippen molar-refractivity contribution in [3.8, 4) is 0 Å². The van der Waals surface area contributed by atoms with Crippen molar-refractivity contribution < 1.29 is 19.2 Å². The van der Waals surface area contributed by atoms with Gasteiger partial charge in [0.25, 0.3) is 5.91 Å². The number of hydrogen-bond donors (Lipinski definition) is 1. The summed E-state index contributed by atoms with van der Waals surface area (Å²) in [4.78, 5) is 35.0. The standard InChI is InChI=1S/C22H27N3O4/c1-3-5-8-12-22(21(27)28-4-2)14-17(25-29-22)15-24-20(26)19-18-10-7-6-9-16(18)11-13-23-19/h6-7,9-11,13H,3-5,8,12,14-15H2,1-2H3,(H,24,26). The normalized spacial score (nSPS) is 18.2. The molecule has 1 unspecified atom stereocenters. The maximum absolute atomic E-state index is 12.7. The van der Waals surface area contributed by atoms with Gasteiger partial charge in [-0.3, -0.25) is 9.78 Å². The van der Waals surface area contributed by atoms with Crippen molar-refractivity contribution in [1.82, 2.24) is 10.3 Å². The van der Waals surface area contributed by atoms with E-state index in [9.17, 15) is 9.59 Å². The fourth-order valence-electron chi connectivity index (χ4n) is 3.48. The number of aromatic nitrogens is 1. The van der Waals surface area contributed by atoms with Crippen molar-refractivity contribution in [3.63, 3.8) is 0 Å². The van der Waals surface area contributed by atoms with Crippen molar-refractivity contribution in [1.29, 1.82) is 0 Å². The minimum Gasteiger partial charge on any atom is -0.463 e. The van der Waals surface area contributed by atoms with Gasteiger partial charge in [-0.15, -0.1) is 0 Å². The van der Waals surface area contributed by atoms with Gasteiger partial charge in [0, 0.05) is 24.4 Å². The molecule has 3 rings (SSSR count). The minimum atomic E-state index is -1.08. The van der Waals surface area contributed by atoms with Crippen LogP contribution in [-0.2, 0) is 14.4 Å². The van der Waals surface area contributed by atoms with Gasteiger partial charge in [-0.2, -0.15) is 0 Å². The van der Waals surface area contributed by atoms with Crippen LogP contribution in [0.5, 0.6) is 0 Å². The first-order valence-electron chi connectivity index (χ1n) is 10.1. The molecular weight excluding hydrogens is 370 g/mol. The first kappa shape index (κ1) is 20.8. The Hall–Kier alpha value is -2.96. The number of fused-ring (bicyclic) bond motifs is 1. The SMILES string of the molecule is CCCCCC1(C(=O)OCC)CC(CNC(=O)c2nccc3ccccc23)=NO1.